The summed E-state index contributed by atoms with van der Waals surface area (Å²) in [6.07, 6.45) is -2.14. The van der Waals surface area contributed by atoms with Crippen molar-refractivity contribution >= 4 is 0 Å². The third-order valence-electron chi connectivity index (χ3n) is 4.93. The minimum atomic E-state index is -4.76. The molecule has 1 unspecified atom stereocenters. The first-order valence-corrected chi connectivity index (χ1v) is 8.21. The summed E-state index contributed by atoms with van der Waals surface area (Å²) in [5.74, 6) is -0.544. The molecule has 1 heterocycles. The lowest BCUT2D eigenvalue weighted by atomic mass is 9.88. The molecule has 0 amide bonds. The van der Waals surface area contributed by atoms with Crippen LogP contribution in [-0.2, 0) is 15.1 Å². The lowest BCUT2D eigenvalue weighted by molar-refractivity contribution is -0.265. The number of alkyl halides is 3. The van der Waals surface area contributed by atoms with Crippen molar-refractivity contribution in [1.29, 1.82) is 0 Å². The monoisotopic (exact) mass is 345 g/mol. The number of halogens is 3. The van der Waals surface area contributed by atoms with Gasteiger partial charge in [0, 0.05) is 25.4 Å². The van der Waals surface area contributed by atoms with Crippen LogP contribution in [0.3, 0.4) is 0 Å². The smallest absolute Gasteiger partial charge is 0.375 e. The van der Waals surface area contributed by atoms with Gasteiger partial charge in [-0.3, -0.25) is 0 Å². The number of aliphatic hydroxyl groups is 1. The van der Waals surface area contributed by atoms with Gasteiger partial charge in [-0.25, -0.2) is 0 Å². The van der Waals surface area contributed by atoms with Gasteiger partial charge < -0.3 is 19.9 Å². The Morgan fingerprint density at radius 2 is 1.67 bits per heavy atom. The van der Waals surface area contributed by atoms with Crippen molar-refractivity contribution in [2.75, 3.05) is 19.8 Å². The van der Waals surface area contributed by atoms with Gasteiger partial charge in [-0.05, 0) is 18.4 Å². The zero-order chi connectivity index (χ0) is 17.3. The maximum absolute atomic E-state index is 13.5. The highest BCUT2D eigenvalue weighted by molar-refractivity contribution is 5.24. The van der Waals surface area contributed by atoms with Crippen LogP contribution in [0, 0.1) is 0 Å². The molecule has 1 aliphatic carbocycles. The normalized spacial score (nSPS) is 24.2. The molecule has 1 saturated carbocycles. The van der Waals surface area contributed by atoms with E-state index in [1.807, 2.05) is 0 Å². The molecule has 0 bridgehead atoms. The summed E-state index contributed by atoms with van der Waals surface area (Å²) in [7, 11) is 0. The summed E-state index contributed by atoms with van der Waals surface area (Å²) in [6.45, 7) is 0.569. The minimum Gasteiger partial charge on any atom is -0.375 e. The Morgan fingerprint density at radius 1 is 1.08 bits per heavy atom. The number of rotatable bonds is 4. The SMILES string of the molecule is OC(CNC1CCC2(CC1)OCCO2)(c1ccccc1)C(F)(F)F. The summed E-state index contributed by atoms with van der Waals surface area (Å²) in [5.41, 5.74) is -3.05. The van der Waals surface area contributed by atoms with Crippen molar-refractivity contribution in [3.8, 4) is 0 Å². The van der Waals surface area contributed by atoms with E-state index in [0.29, 0.717) is 38.9 Å². The maximum atomic E-state index is 13.5. The van der Waals surface area contributed by atoms with E-state index in [1.165, 1.54) is 24.3 Å². The Morgan fingerprint density at radius 3 is 2.21 bits per heavy atom. The first-order valence-electron chi connectivity index (χ1n) is 8.21. The number of ether oxygens (including phenoxy) is 2. The molecule has 1 aliphatic heterocycles. The quantitative estimate of drug-likeness (QED) is 0.881. The van der Waals surface area contributed by atoms with E-state index < -0.39 is 24.1 Å². The zero-order valence-electron chi connectivity index (χ0n) is 13.3. The average Bonchev–Trinajstić information content (AvgIpc) is 3.02. The molecule has 1 spiro atoms. The highest BCUT2D eigenvalue weighted by Gasteiger charge is 2.55. The zero-order valence-corrected chi connectivity index (χ0v) is 13.3. The van der Waals surface area contributed by atoms with Crippen molar-refractivity contribution in [3.05, 3.63) is 35.9 Å². The first-order chi connectivity index (χ1) is 11.3. The van der Waals surface area contributed by atoms with E-state index >= 15 is 0 Å². The molecule has 1 atom stereocenters. The Balaban J connectivity index is 1.63. The van der Waals surface area contributed by atoms with Crippen LogP contribution in [0.25, 0.3) is 0 Å². The topological polar surface area (TPSA) is 50.7 Å². The summed E-state index contributed by atoms with van der Waals surface area (Å²) < 4.78 is 51.6. The molecule has 4 nitrogen and oxygen atoms in total. The molecule has 134 valence electrons. The predicted octanol–water partition coefficient (Wildman–Crippen LogP) is 2.71. The van der Waals surface area contributed by atoms with Crippen molar-refractivity contribution in [2.24, 2.45) is 0 Å². The molecular formula is C17H22F3NO3. The van der Waals surface area contributed by atoms with Gasteiger partial charge in [0.25, 0.3) is 0 Å². The minimum absolute atomic E-state index is 0.0963. The van der Waals surface area contributed by atoms with Crippen LogP contribution in [0.2, 0.25) is 0 Å². The van der Waals surface area contributed by atoms with Gasteiger partial charge in [0.15, 0.2) is 11.4 Å². The molecule has 1 aromatic carbocycles. The Bertz CT molecular complexity index is 536. The highest BCUT2D eigenvalue weighted by Crippen LogP contribution is 2.40. The number of nitrogens with one attached hydrogen (secondary N) is 1. The van der Waals surface area contributed by atoms with Crippen molar-refractivity contribution in [3.63, 3.8) is 0 Å². The number of hydrogen-bond acceptors (Lipinski definition) is 4. The third kappa shape index (κ3) is 3.44. The molecular weight excluding hydrogens is 323 g/mol. The fourth-order valence-electron chi connectivity index (χ4n) is 3.42. The van der Waals surface area contributed by atoms with Crippen LogP contribution in [0.1, 0.15) is 31.2 Å². The Kier molecular flexibility index (Phi) is 4.88. The van der Waals surface area contributed by atoms with E-state index in [-0.39, 0.29) is 11.6 Å². The van der Waals surface area contributed by atoms with Crippen molar-refractivity contribution < 1.29 is 27.8 Å². The van der Waals surface area contributed by atoms with Gasteiger partial charge in [0.1, 0.15) is 0 Å². The summed E-state index contributed by atoms with van der Waals surface area (Å²) in [4.78, 5) is 0. The third-order valence-corrected chi connectivity index (χ3v) is 4.93. The van der Waals surface area contributed by atoms with Crippen LogP contribution in [0.15, 0.2) is 30.3 Å². The predicted molar refractivity (Wildman–Crippen MR) is 81.3 cm³/mol. The lowest BCUT2D eigenvalue weighted by Crippen LogP contribution is -2.53. The fraction of sp³-hybridized carbons (Fsp3) is 0.647. The van der Waals surface area contributed by atoms with Crippen molar-refractivity contribution in [1.82, 2.24) is 5.32 Å². The standard InChI is InChI=1S/C17H22F3NO3/c18-17(19,20)16(22,13-4-2-1-3-5-13)12-21-14-6-8-15(9-7-14)23-10-11-24-15/h1-5,14,21-22H,6-12H2. The molecule has 24 heavy (non-hydrogen) atoms. The number of benzene rings is 1. The summed E-state index contributed by atoms with van der Waals surface area (Å²) in [6, 6.07) is 7.10. The van der Waals surface area contributed by atoms with Crippen LogP contribution in [-0.4, -0.2) is 42.9 Å². The lowest BCUT2D eigenvalue weighted by Gasteiger charge is -2.38. The molecule has 0 radical (unpaired) electrons. The average molecular weight is 345 g/mol. The van der Waals surface area contributed by atoms with Crippen LogP contribution in [0.4, 0.5) is 13.2 Å². The van der Waals surface area contributed by atoms with E-state index in [9.17, 15) is 18.3 Å². The Hall–Kier alpha value is -1.15. The second kappa shape index (κ2) is 6.63. The molecule has 3 rings (SSSR count). The molecule has 0 aromatic heterocycles. The van der Waals surface area contributed by atoms with E-state index in [2.05, 4.69) is 5.32 Å². The summed E-state index contributed by atoms with van der Waals surface area (Å²) in [5, 5.41) is 13.2. The molecule has 1 saturated heterocycles. The van der Waals surface area contributed by atoms with Gasteiger partial charge in [-0.15, -0.1) is 0 Å². The molecule has 7 heteroatoms. The largest absolute Gasteiger partial charge is 0.422 e. The van der Waals surface area contributed by atoms with Gasteiger partial charge in [0.2, 0.25) is 0 Å². The van der Waals surface area contributed by atoms with Crippen molar-refractivity contribution in [2.45, 2.75) is 49.3 Å². The molecule has 2 aliphatic rings. The summed E-state index contributed by atoms with van der Waals surface area (Å²) >= 11 is 0. The van der Waals surface area contributed by atoms with E-state index in [4.69, 9.17) is 9.47 Å². The van der Waals surface area contributed by atoms with Crippen LogP contribution in [0.5, 0.6) is 0 Å². The number of hydrogen-bond donors (Lipinski definition) is 2. The van der Waals surface area contributed by atoms with Crippen LogP contribution < -0.4 is 5.32 Å². The molecule has 2 N–H and O–H groups in total. The molecule has 2 fully saturated rings. The van der Waals surface area contributed by atoms with Crippen LogP contribution >= 0.6 is 0 Å². The maximum Gasteiger partial charge on any atom is 0.422 e. The first kappa shape index (κ1) is 17.7. The Labute approximate surface area is 139 Å². The second-order valence-electron chi connectivity index (χ2n) is 6.49. The fourth-order valence-corrected chi connectivity index (χ4v) is 3.42. The second-order valence-corrected chi connectivity index (χ2v) is 6.49. The van der Waals surface area contributed by atoms with E-state index in [1.54, 1.807) is 6.07 Å². The molecule has 1 aromatic rings. The van der Waals surface area contributed by atoms with E-state index in [0.717, 1.165) is 0 Å². The van der Waals surface area contributed by atoms with Gasteiger partial charge in [-0.1, -0.05) is 30.3 Å². The van der Waals surface area contributed by atoms with Gasteiger partial charge >= 0.3 is 6.18 Å². The highest BCUT2D eigenvalue weighted by atomic mass is 19.4. The van der Waals surface area contributed by atoms with Gasteiger partial charge in [-0.2, -0.15) is 13.2 Å². The van der Waals surface area contributed by atoms with Gasteiger partial charge in [0.05, 0.1) is 13.2 Å².